The molecule has 4 aromatic carbocycles. The number of nitrogens with zero attached hydrogens (tertiary/aromatic N) is 5. The third-order valence-corrected chi connectivity index (χ3v) is 10.6. The highest BCUT2D eigenvalue weighted by Crippen LogP contribution is 2.67. The van der Waals surface area contributed by atoms with Crippen molar-refractivity contribution in [3.8, 4) is 55.7 Å². The molecule has 1 atom stereocenters. The molecule has 5 nitrogen and oxygen atoms in total. The minimum atomic E-state index is -0.533. The summed E-state index contributed by atoms with van der Waals surface area (Å²) in [5.41, 5.74) is 11.2. The number of benzene rings is 4. The number of aromatic nitrogens is 5. The van der Waals surface area contributed by atoms with Crippen LogP contribution in [0.1, 0.15) is 22.3 Å². The largest absolute Gasteiger partial charge is 0.265 e. The molecule has 2 aliphatic rings. The maximum absolute atomic E-state index is 5.19. The van der Waals surface area contributed by atoms with E-state index in [4.69, 9.17) is 15.0 Å². The summed E-state index contributed by atoms with van der Waals surface area (Å²) in [6.07, 6.45) is 7.09. The minimum Gasteiger partial charge on any atom is -0.265 e. The van der Waals surface area contributed by atoms with E-state index in [0.717, 1.165) is 16.7 Å². The third kappa shape index (κ3) is 3.36. The second-order valence-electron chi connectivity index (χ2n) is 11.6. The fourth-order valence-corrected chi connectivity index (χ4v) is 8.89. The molecule has 2 aliphatic carbocycles. The third-order valence-electron chi connectivity index (χ3n) is 9.36. The van der Waals surface area contributed by atoms with Gasteiger partial charge in [0.25, 0.3) is 0 Å². The molecule has 10 rings (SSSR count). The quantitative estimate of drug-likeness (QED) is 0.201. The van der Waals surface area contributed by atoms with Crippen LogP contribution in [0.3, 0.4) is 0 Å². The molecule has 0 bridgehead atoms. The fraction of sp³-hybridized carbons (Fsp3) is 0.0250. The number of rotatable bonds is 3. The van der Waals surface area contributed by atoms with Crippen LogP contribution in [0.25, 0.3) is 65.8 Å². The molecule has 0 fully saturated rings. The number of hydrogen-bond acceptors (Lipinski definition) is 6. The smallest absolute Gasteiger partial charge is 0.164 e. The van der Waals surface area contributed by atoms with Crippen LogP contribution in [-0.4, -0.2) is 24.9 Å². The first-order valence-electron chi connectivity index (χ1n) is 15.2. The van der Waals surface area contributed by atoms with Crippen LogP contribution in [0, 0.1) is 0 Å². The van der Waals surface area contributed by atoms with Crippen LogP contribution in [-0.2, 0) is 5.41 Å². The van der Waals surface area contributed by atoms with E-state index in [1.165, 1.54) is 53.9 Å². The second-order valence-corrected chi connectivity index (χ2v) is 12.7. The molecule has 0 aliphatic heterocycles. The van der Waals surface area contributed by atoms with Gasteiger partial charge in [0, 0.05) is 51.1 Å². The molecule has 0 N–H and O–H groups in total. The van der Waals surface area contributed by atoms with Gasteiger partial charge in [-0.15, -0.1) is 11.3 Å². The Labute approximate surface area is 269 Å². The molecule has 8 aromatic rings. The highest BCUT2D eigenvalue weighted by atomic mass is 32.1. The van der Waals surface area contributed by atoms with E-state index >= 15 is 0 Å². The van der Waals surface area contributed by atoms with Gasteiger partial charge in [-0.2, -0.15) is 0 Å². The predicted octanol–water partition coefficient (Wildman–Crippen LogP) is 9.22. The van der Waals surface area contributed by atoms with Gasteiger partial charge in [0.1, 0.15) is 0 Å². The van der Waals surface area contributed by atoms with Gasteiger partial charge in [-0.1, -0.05) is 84.9 Å². The summed E-state index contributed by atoms with van der Waals surface area (Å²) in [6.45, 7) is 0. The Morgan fingerprint density at radius 2 is 0.978 bits per heavy atom. The molecule has 0 saturated carbocycles. The van der Waals surface area contributed by atoms with E-state index in [2.05, 4.69) is 101 Å². The lowest BCUT2D eigenvalue weighted by Crippen LogP contribution is -2.27. The van der Waals surface area contributed by atoms with E-state index in [-0.39, 0.29) is 0 Å². The summed E-state index contributed by atoms with van der Waals surface area (Å²) in [5.74, 6) is 1.85. The molecule has 4 aromatic heterocycles. The Balaban J connectivity index is 1.35. The summed E-state index contributed by atoms with van der Waals surface area (Å²) in [7, 11) is 0. The average Bonchev–Trinajstić information content (AvgIpc) is 3.76. The summed E-state index contributed by atoms with van der Waals surface area (Å²) in [5, 5.41) is 1.29. The number of pyridine rings is 2. The second kappa shape index (κ2) is 9.57. The van der Waals surface area contributed by atoms with Crippen molar-refractivity contribution >= 4 is 21.4 Å². The monoisotopic (exact) mass is 605 g/mol. The lowest BCUT2D eigenvalue weighted by Gasteiger charge is -2.32. The van der Waals surface area contributed by atoms with Crippen molar-refractivity contribution < 1.29 is 0 Å². The Kier molecular flexibility index (Phi) is 5.30. The first-order chi connectivity index (χ1) is 22.8. The summed E-state index contributed by atoms with van der Waals surface area (Å²) < 4.78 is 1.30. The van der Waals surface area contributed by atoms with Crippen molar-refractivity contribution in [1.82, 2.24) is 24.9 Å². The SMILES string of the molecule is c1ccc2c(c1)-c1cccc(-c3nc(-c4ccncc4)nc(-c4ccncc4)n3)c1C21c2ccccc2-c2sc3ccccc3c21. The zero-order valence-corrected chi connectivity index (χ0v) is 25.2. The molecule has 46 heavy (non-hydrogen) atoms. The van der Waals surface area contributed by atoms with E-state index in [1.54, 1.807) is 24.8 Å². The van der Waals surface area contributed by atoms with Crippen molar-refractivity contribution in [3.05, 3.63) is 162 Å². The van der Waals surface area contributed by atoms with Crippen LogP contribution >= 0.6 is 11.3 Å². The maximum Gasteiger partial charge on any atom is 0.164 e. The predicted molar refractivity (Wildman–Crippen MR) is 183 cm³/mol. The van der Waals surface area contributed by atoms with Crippen LogP contribution < -0.4 is 0 Å². The van der Waals surface area contributed by atoms with Gasteiger partial charge in [0.15, 0.2) is 17.5 Å². The van der Waals surface area contributed by atoms with E-state index < -0.39 is 5.41 Å². The van der Waals surface area contributed by atoms with Gasteiger partial charge in [-0.3, -0.25) is 9.97 Å². The Morgan fingerprint density at radius 3 is 1.70 bits per heavy atom. The molecule has 0 saturated heterocycles. The van der Waals surface area contributed by atoms with Crippen molar-refractivity contribution in [2.45, 2.75) is 5.41 Å². The summed E-state index contributed by atoms with van der Waals surface area (Å²) >= 11 is 1.89. The average molecular weight is 606 g/mol. The number of fused-ring (bicyclic) bond motifs is 12. The Hall–Kier alpha value is -5.85. The van der Waals surface area contributed by atoms with Gasteiger partial charge < -0.3 is 0 Å². The van der Waals surface area contributed by atoms with Gasteiger partial charge in [-0.05, 0) is 74.7 Å². The maximum atomic E-state index is 5.19. The molecule has 214 valence electrons. The van der Waals surface area contributed by atoms with E-state index in [0.29, 0.717) is 17.5 Å². The van der Waals surface area contributed by atoms with Crippen molar-refractivity contribution in [3.63, 3.8) is 0 Å². The molecule has 1 unspecified atom stereocenters. The summed E-state index contributed by atoms with van der Waals surface area (Å²) in [6, 6.07) is 41.0. The molecule has 4 heterocycles. The van der Waals surface area contributed by atoms with E-state index in [1.807, 2.05) is 35.6 Å². The van der Waals surface area contributed by atoms with Gasteiger partial charge in [0.05, 0.1) is 5.41 Å². The standard InChI is InChI=1S/C40H23N5S/c1-4-13-31-26(8-1)27-11-7-12-30(39-44-37(24-16-20-41-21-17-24)43-38(45-39)25-18-22-42-23-19-25)34(27)40(31)32-14-5-2-9-28(32)36-35(40)29-10-3-6-15-33(29)46-36/h1-23H. The molecule has 0 amide bonds. The molecular formula is C40H23N5S. The fourth-order valence-electron chi connectivity index (χ4n) is 7.59. The highest BCUT2D eigenvalue weighted by molar-refractivity contribution is 7.22. The van der Waals surface area contributed by atoms with Crippen LogP contribution in [0.15, 0.2) is 140 Å². The molecule has 1 spiro atoms. The zero-order chi connectivity index (χ0) is 30.2. The minimum absolute atomic E-state index is 0.533. The Morgan fingerprint density at radius 1 is 0.435 bits per heavy atom. The van der Waals surface area contributed by atoms with Crippen molar-refractivity contribution in [2.24, 2.45) is 0 Å². The molecule has 0 radical (unpaired) electrons. The first-order valence-corrected chi connectivity index (χ1v) is 16.1. The lowest BCUT2D eigenvalue weighted by molar-refractivity contribution is 0.802. The van der Waals surface area contributed by atoms with Gasteiger partial charge >= 0.3 is 0 Å². The van der Waals surface area contributed by atoms with Gasteiger partial charge in [0.2, 0.25) is 0 Å². The van der Waals surface area contributed by atoms with E-state index in [9.17, 15) is 0 Å². The summed E-state index contributed by atoms with van der Waals surface area (Å²) in [4.78, 5) is 25.1. The zero-order valence-electron chi connectivity index (χ0n) is 24.4. The van der Waals surface area contributed by atoms with Crippen molar-refractivity contribution in [2.75, 3.05) is 0 Å². The first kappa shape index (κ1) is 25.5. The number of thiophene rings is 1. The molecule has 6 heteroatoms. The van der Waals surface area contributed by atoms with Crippen molar-refractivity contribution in [1.29, 1.82) is 0 Å². The van der Waals surface area contributed by atoms with Gasteiger partial charge in [-0.25, -0.2) is 15.0 Å². The van der Waals surface area contributed by atoms with Crippen LogP contribution in [0.5, 0.6) is 0 Å². The highest BCUT2D eigenvalue weighted by Gasteiger charge is 2.54. The topological polar surface area (TPSA) is 64.5 Å². The molecular weight excluding hydrogens is 583 g/mol. The van der Waals surface area contributed by atoms with Crippen LogP contribution in [0.2, 0.25) is 0 Å². The normalized spacial score (nSPS) is 15.5. The number of hydrogen-bond donors (Lipinski definition) is 0. The lowest BCUT2D eigenvalue weighted by atomic mass is 9.68. The Bertz CT molecular complexity index is 2430. The van der Waals surface area contributed by atoms with Crippen LogP contribution in [0.4, 0.5) is 0 Å².